The number of hydrogen-bond acceptors (Lipinski definition) is 4. The second kappa shape index (κ2) is 8.71. The molecule has 4 rings (SSSR count). The van der Waals surface area contributed by atoms with Crippen molar-refractivity contribution in [2.75, 3.05) is 4.72 Å². The lowest BCUT2D eigenvalue weighted by molar-refractivity contribution is -0.144. The normalized spacial score (nSPS) is 14.3. The minimum atomic E-state index is -3.68. The first-order valence-electron chi connectivity index (χ1n) is 10.5. The van der Waals surface area contributed by atoms with Gasteiger partial charge in [0.25, 0.3) is 15.9 Å². The second-order valence-electron chi connectivity index (χ2n) is 8.33. The van der Waals surface area contributed by atoms with Gasteiger partial charge in [-0.25, -0.2) is 13.2 Å². The highest BCUT2D eigenvalue weighted by molar-refractivity contribution is 7.92. The Labute approximate surface area is 192 Å². The molecule has 1 heterocycles. The van der Waals surface area contributed by atoms with Crippen LogP contribution in [0, 0.1) is 5.92 Å². The lowest BCUT2D eigenvalue weighted by Gasteiger charge is -2.27. The number of carboxylic acid groups (broad SMARTS) is 1. The van der Waals surface area contributed by atoms with Gasteiger partial charge in [-0.15, -0.1) is 0 Å². The highest BCUT2D eigenvalue weighted by Crippen LogP contribution is 2.31. The summed E-state index contributed by atoms with van der Waals surface area (Å²) in [6, 6.07) is 19.6. The number of benzene rings is 3. The highest BCUT2D eigenvalue weighted by Gasteiger charge is 2.38. The van der Waals surface area contributed by atoms with Crippen LogP contribution in [-0.4, -0.2) is 36.3 Å². The third kappa shape index (κ3) is 4.47. The van der Waals surface area contributed by atoms with Crippen molar-refractivity contribution in [1.29, 1.82) is 0 Å². The zero-order valence-electron chi connectivity index (χ0n) is 18.2. The molecule has 0 spiro atoms. The Kier molecular flexibility index (Phi) is 5.95. The summed E-state index contributed by atoms with van der Waals surface area (Å²) in [5, 5.41) is 9.57. The number of sulfonamides is 1. The topological polar surface area (TPSA) is 104 Å². The quantitative estimate of drug-likeness (QED) is 0.545. The molecule has 0 bridgehead atoms. The van der Waals surface area contributed by atoms with Crippen LogP contribution in [0.2, 0.25) is 0 Å². The predicted octanol–water partition coefficient (Wildman–Crippen LogP) is 4.22. The fourth-order valence-electron chi connectivity index (χ4n) is 4.05. The van der Waals surface area contributed by atoms with E-state index in [1.54, 1.807) is 62.4 Å². The van der Waals surface area contributed by atoms with E-state index in [-0.39, 0.29) is 23.3 Å². The number of anilines is 1. The number of nitrogens with zero attached hydrogens (tertiary/aromatic N) is 1. The van der Waals surface area contributed by atoms with Crippen LogP contribution in [0.15, 0.2) is 77.7 Å². The molecule has 1 amide bonds. The zero-order valence-corrected chi connectivity index (χ0v) is 19.0. The summed E-state index contributed by atoms with van der Waals surface area (Å²) >= 11 is 0. The number of carboxylic acids is 1. The molecule has 8 heteroatoms. The van der Waals surface area contributed by atoms with E-state index in [0.717, 1.165) is 16.7 Å². The summed E-state index contributed by atoms with van der Waals surface area (Å²) in [7, 11) is -3.68. The van der Waals surface area contributed by atoms with Crippen LogP contribution in [0.1, 0.15) is 29.8 Å². The van der Waals surface area contributed by atoms with Crippen molar-refractivity contribution in [1.82, 2.24) is 4.90 Å². The van der Waals surface area contributed by atoms with Crippen LogP contribution in [0.5, 0.6) is 0 Å². The van der Waals surface area contributed by atoms with E-state index >= 15 is 0 Å². The van der Waals surface area contributed by atoms with E-state index in [0.29, 0.717) is 11.3 Å². The average molecular weight is 465 g/mol. The smallest absolute Gasteiger partial charge is 0.326 e. The van der Waals surface area contributed by atoms with E-state index in [1.807, 2.05) is 12.1 Å². The third-order valence-corrected chi connectivity index (χ3v) is 7.08. The molecule has 1 atom stereocenters. The number of rotatable bonds is 7. The first-order chi connectivity index (χ1) is 15.7. The van der Waals surface area contributed by atoms with E-state index < -0.39 is 22.0 Å². The van der Waals surface area contributed by atoms with Crippen LogP contribution >= 0.6 is 0 Å². The van der Waals surface area contributed by atoms with E-state index in [9.17, 15) is 23.1 Å². The van der Waals surface area contributed by atoms with Crippen LogP contribution in [0.4, 0.5) is 5.69 Å². The number of aliphatic carboxylic acids is 1. The number of hydrogen-bond donors (Lipinski definition) is 2. The lowest BCUT2D eigenvalue weighted by atomic mass is 10.0. The summed E-state index contributed by atoms with van der Waals surface area (Å²) in [5.41, 5.74) is 3.31. The van der Waals surface area contributed by atoms with Gasteiger partial charge in [0.05, 0.1) is 4.90 Å². The maximum atomic E-state index is 13.0. The molecule has 1 unspecified atom stereocenters. The molecule has 1 aliphatic rings. The maximum Gasteiger partial charge on any atom is 0.326 e. The molecular weight excluding hydrogens is 440 g/mol. The SMILES string of the molecule is CC(C)C(C(=O)O)N1Cc2ccc(-c3ccc(NS(=O)(=O)c4ccccc4)cc3)cc2C1=O. The maximum absolute atomic E-state index is 13.0. The molecule has 1 aliphatic heterocycles. The molecule has 3 aromatic rings. The number of nitrogens with one attached hydrogen (secondary N) is 1. The van der Waals surface area contributed by atoms with Crippen molar-refractivity contribution in [3.05, 3.63) is 83.9 Å². The first kappa shape index (κ1) is 22.5. The van der Waals surface area contributed by atoms with Gasteiger partial charge >= 0.3 is 5.97 Å². The monoisotopic (exact) mass is 464 g/mol. The van der Waals surface area contributed by atoms with Crippen molar-refractivity contribution in [3.8, 4) is 11.1 Å². The van der Waals surface area contributed by atoms with Crippen LogP contribution in [0.25, 0.3) is 11.1 Å². The van der Waals surface area contributed by atoms with E-state index in [2.05, 4.69) is 4.72 Å². The van der Waals surface area contributed by atoms with Gasteiger partial charge in [0.15, 0.2) is 0 Å². The average Bonchev–Trinajstić information content (AvgIpc) is 3.09. The van der Waals surface area contributed by atoms with Gasteiger partial charge in [0.2, 0.25) is 0 Å². The van der Waals surface area contributed by atoms with Gasteiger partial charge in [-0.05, 0) is 52.9 Å². The first-order valence-corrected chi connectivity index (χ1v) is 12.0. The minimum Gasteiger partial charge on any atom is -0.480 e. The Hall–Kier alpha value is -3.65. The van der Waals surface area contributed by atoms with E-state index in [4.69, 9.17) is 0 Å². The molecule has 0 aromatic heterocycles. The molecule has 33 heavy (non-hydrogen) atoms. The molecule has 7 nitrogen and oxygen atoms in total. The van der Waals surface area contributed by atoms with Crippen molar-refractivity contribution < 1.29 is 23.1 Å². The Morgan fingerprint density at radius 3 is 2.21 bits per heavy atom. The van der Waals surface area contributed by atoms with Crippen LogP contribution in [0.3, 0.4) is 0 Å². The molecule has 0 fully saturated rings. The molecule has 0 saturated heterocycles. The van der Waals surface area contributed by atoms with Crippen molar-refractivity contribution >= 4 is 27.6 Å². The molecule has 0 radical (unpaired) electrons. The zero-order chi connectivity index (χ0) is 23.8. The molecular formula is C25H24N2O5S. The van der Waals surface area contributed by atoms with E-state index in [1.165, 1.54) is 17.0 Å². The Balaban J connectivity index is 1.55. The standard InChI is InChI=1S/C25H24N2O5S/c1-16(2)23(25(29)30)27-15-19-9-8-18(14-22(19)24(27)28)17-10-12-20(13-11-17)26-33(31,32)21-6-4-3-5-7-21/h3-14,16,23,26H,15H2,1-2H3,(H,29,30). The van der Waals surface area contributed by atoms with Crippen molar-refractivity contribution in [3.63, 3.8) is 0 Å². The van der Waals surface area contributed by atoms with Crippen LogP contribution < -0.4 is 4.72 Å². The minimum absolute atomic E-state index is 0.178. The highest BCUT2D eigenvalue weighted by atomic mass is 32.2. The molecule has 0 aliphatic carbocycles. The summed E-state index contributed by atoms with van der Waals surface area (Å²) < 4.78 is 27.6. The molecule has 0 saturated carbocycles. The molecule has 3 aromatic carbocycles. The Bertz CT molecular complexity index is 1300. The summed E-state index contributed by atoms with van der Waals surface area (Å²) in [6.07, 6.45) is 0. The summed E-state index contributed by atoms with van der Waals surface area (Å²) in [4.78, 5) is 26.2. The van der Waals surface area contributed by atoms with Gasteiger partial charge in [-0.3, -0.25) is 9.52 Å². The van der Waals surface area contributed by atoms with Crippen molar-refractivity contribution in [2.45, 2.75) is 31.3 Å². The second-order valence-corrected chi connectivity index (χ2v) is 10.0. The van der Waals surface area contributed by atoms with Crippen molar-refractivity contribution in [2.24, 2.45) is 5.92 Å². The molecule has 170 valence electrons. The van der Waals surface area contributed by atoms with Gasteiger partial charge in [0.1, 0.15) is 6.04 Å². The molecule has 2 N–H and O–H groups in total. The van der Waals surface area contributed by atoms with Gasteiger partial charge in [0, 0.05) is 17.8 Å². The van der Waals surface area contributed by atoms with Gasteiger partial charge in [-0.2, -0.15) is 0 Å². The lowest BCUT2D eigenvalue weighted by Crippen LogP contribution is -2.44. The predicted molar refractivity (Wildman–Crippen MR) is 125 cm³/mol. The van der Waals surface area contributed by atoms with Gasteiger partial charge < -0.3 is 10.0 Å². The third-order valence-electron chi connectivity index (χ3n) is 5.69. The number of amides is 1. The number of carbonyl (C=O) groups is 2. The fraction of sp³-hybridized carbons (Fsp3) is 0.200. The van der Waals surface area contributed by atoms with Gasteiger partial charge in [-0.1, -0.05) is 56.3 Å². The summed E-state index contributed by atoms with van der Waals surface area (Å²) in [5.74, 6) is -1.52. The summed E-state index contributed by atoms with van der Waals surface area (Å²) in [6.45, 7) is 3.84. The number of fused-ring (bicyclic) bond motifs is 1. The Morgan fingerprint density at radius 1 is 0.970 bits per heavy atom. The largest absolute Gasteiger partial charge is 0.480 e. The number of carbonyl (C=O) groups excluding carboxylic acids is 1. The Morgan fingerprint density at radius 2 is 1.61 bits per heavy atom. The van der Waals surface area contributed by atoms with Crippen LogP contribution in [-0.2, 0) is 21.4 Å². The fourth-order valence-corrected chi connectivity index (χ4v) is 5.13.